The van der Waals surface area contributed by atoms with E-state index < -0.39 is 0 Å². The third-order valence-corrected chi connectivity index (χ3v) is 4.72. The van der Waals surface area contributed by atoms with E-state index in [0.29, 0.717) is 17.4 Å². The number of rotatable bonds is 4. The fourth-order valence-electron chi connectivity index (χ4n) is 2.47. The van der Waals surface area contributed by atoms with Gasteiger partial charge in [-0.2, -0.15) is 0 Å². The molecule has 0 aliphatic rings. The van der Waals surface area contributed by atoms with Crippen molar-refractivity contribution in [1.29, 1.82) is 0 Å². The lowest BCUT2D eigenvalue weighted by molar-refractivity contribution is 0.0949. The third kappa shape index (κ3) is 3.14. The Labute approximate surface area is 147 Å². The predicted molar refractivity (Wildman–Crippen MR) is 95.6 cm³/mol. The lowest BCUT2D eigenvalue weighted by Gasteiger charge is -2.18. The molecule has 6 nitrogen and oxygen atoms in total. The number of thiazole rings is 1. The molecule has 0 aliphatic heterocycles. The van der Waals surface area contributed by atoms with Crippen molar-refractivity contribution in [1.82, 2.24) is 15.1 Å². The van der Waals surface area contributed by atoms with Crippen LogP contribution in [0.1, 0.15) is 21.8 Å². The average Bonchev–Trinajstić information content (AvgIpc) is 3.26. The van der Waals surface area contributed by atoms with E-state index in [2.05, 4.69) is 15.1 Å². The Hall–Kier alpha value is -3.06. The number of aryl methyl sites for hydroxylation is 1. The van der Waals surface area contributed by atoms with Gasteiger partial charge in [0.15, 0.2) is 5.13 Å². The molecular weight excluding hydrogens is 336 g/mol. The van der Waals surface area contributed by atoms with Crippen LogP contribution in [0.5, 0.6) is 0 Å². The summed E-state index contributed by atoms with van der Waals surface area (Å²) >= 11 is 1.47. The van der Waals surface area contributed by atoms with Crippen LogP contribution < -0.4 is 4.90 Å². The number of pyridine rings is 1. The molecule has 0 bridgehead atoms. The summed E-state index contributed by atoms with van der Waals surface area (Å²) in [5, 5.41) is 4.43. The lowest BCUT2D eigenvalue weighted by Crippen LogP contribution is -2.30. The summed E-state index contributed by atoms with van der Waals surface area (Å²) < 4.78 is 6.18. The Balaban J connectivity index is 1.75. The number of carbonyl (C=O) groups is 1. The summed E-state index contributed by atoms with van der Waals surface area (Å²) in [5.41, 5.74) is 2.43. The van der Waals surface area contributed by atoms with Crippen LogP contribution in [0.4, 0.5) is 5.13 Å². The van der Waals surface area contributed by atoms with Gasteiger partial charge in [0.25, 0.3) is 5.91 Å². The summed E-state index contributed by atoms with van der Waals surface area (Å²) in [7, 11) is 0. The number of anilines is 1. The molecule has 0 unspecified atom stereocenters. The van der Waals surface area contributed by atoms with Crippen molar-refractivity contribution < 1.29 is 9.32 Å². The average molecular weight is 350 g/mol. The highest BCUT2D eigenvalue weighted by molar-refractivity contribution is 7.22. The SMILES string of the molecule is Cc1cc(C(=O)N(Cc2cccnc2)c2nc3ccccc3s2)on1. The maximum absolute atomic E-state index is 13.0. The minimum Gasteiger partial charge on any atom is -0.351 e. The fraction of sp³-hybridized carbons (Fsp3) is 0.111. The molecular formula is C18H14N4O2S. The summed E-state index contributed by atoms with van der Waals surface area (Å²) in [6, 6.07) is 13.2. The normalized spacial score (nSPS) is 10.9. The van der Waals surface area contributed by atoms with Crippen molar-refractivity contribution in [2.45, 2.75) is 13.5 Å². The molecule has 3 aromatic heterocycles. The van der Waals surface area contributed by atoms with Gasteiger partial charge in [-0.25, -0.2) is 4.98 Å². The highest BCUT2D eigenvalue weighted by atomic mass is 32.1. The van der Waals surface area contributed by atoms with Crippen molar-refractivity contribution >= 4 is 32.6 Å². The first-order valence-corrected chi connectivity index (χ1v) is 8.52. The third-order valence-electron chi connectivity index (χ3n) is 3.66. The van der Waals surface area contributed by atoms with Crippen LogP contribution in [0.3, 0.4) is 0 Å². The van der Waals surface area contributed by atoms with Gasteiger partial charge in [0.05, 0.1) is 22.5 Å². The summed E-state index contributed by atoms with van der Waals surface area (Å²) in [4.78, 5) is 23.3. The minimum absolute atomic E-state index is 0.195. The van der Waals surface area contributed by atoms with Crippen LogP contribution >= 0.6 is 11.3 Å². The largest absolute Gasteiger partial charge is 0.351 e. The molecule has 4 aromatic rings. The van der Waals surface area contributed by atoms with Crippen LogP contribution in [-0.4, -0.2) is 21.0 Å². The van der Waals surface area contributed by atoms with Gasteiger partial charge in [0.2, 0.25) is 5.76 Å². The van der Waals surface area contributed by atoms with E-state index in [9.17, 15) is 4.79 Å². The van der Waals surface area contributed by atoms with Crippen molar-refractivity contribution in [3.63, 3.8) is 0 Å². The number of amides is 1. The quantitative estimate of drug-likeness (QED) is 0.559. The van der Waals surface area contributed by atoms with Crippen LogP contribution in [0.15, 0.2) is 59.4 Å². The van der Waals surface area contributed by atoms with E-state index in [0.717, 1.165) is 15.8 Å². The first kappa shape index (κ1) is 15.5. The molecule has 0 spiro atoms. The van der Waals surface area contributed by atoms with E-state index in [1.807, 2.05) is 36.4 Å². The Kier molecular flexibility index (Phi) is 3.99. The van der Waals surface area contributed by atoms with Gasteiger partial charge in [-0.15, -0.1) is 0 Å². The predicted octanol–water partition coefficient (Wildman–Crippen LogP) is 3.83. The van der Waals surface area contributed by atoms with E-state index in [-0.39, 0.29) is 11.7 Å². The Morgan fingerprint density at radius 2 is 2.12 bits per heavy atom. The van der Waals surface area contributed by atoms with Gasteiger partial charge in [-0.1, -0.05) is 34.7 Å². The second kappa shape index (κ2) is 6.45. The molecule has 0 saturated carbocycles. The number of aromatic nitrogens is 3. The monoisotopic (exact) mass is 350 g/mol. The molecule has 0 N–H and O–H groups in total. The maximum atomic E-state index is 13.0. The highest BCUT2D eigenvalue weighted by Gasteiger charge is 2.24. The van der Waals surface area contributed by atoms with E-state index >= 15 is 0 Å². The smallest absolute Gasteiger partial charge is 0.298 e. The summed E-state index contributed by atoms with van der Waals surface area (Å²) in [5.74, 6) is -0.0795. The number of benzene rings is 1. The van der Waals surface area contributed by atoms with Crippen LogP contribution in [0.25, 0.3) is 10.2 Å². The summed E-state index contributed by atoms with van der Waals surface area (Å²) in [6.07, 6.45) is 3.44. The minimum atomic E-state index is -0.275. The number of hydrogen-bond acceptors (Lipinski definition) is 6. The Morgan fingerprint density at radius 3 is 2.84 bits per heavy atom. The van der Waals surface area contributed by atoms with Crippen LogP contribution in [-0.2, 0) is 6.54 Å². The van der Waals surface area contributed by atoms with Gasteiger partial charge >= 0.3 is 0 Å². The Morgan fingerprint density at radius 1 is 1.24 bits per heavy atom. The van der Waals surface area contributed by atoms with Gasteiger partial charge < -0.3 is 4.52 Å². The second-order valence-corrected chi connectivity index (χ2v) is 6.56. The number of nitrogens with zero attached hydrogens (tertiary/aromatic N) is 4. The van der Waals surface area contributed by atoms with E-state index in [1.165, 1.54) is 11.3 Å². The van der Waals surface area contributed by atoms with Crippen LogP contribution in [0.2, 0.25) is 0 Å². The number of fused-ring (bicyclic) bond motifs is 1. The van der Waals surface area contributed by atoms with Crippen LogP contribution in [0, 0.1) is 6.92 Å². The number of para-hydroxylation sites is 1. The fourth-order valence-corrected chi connectivity index (χ4v) is 3.44. The van der Waals surface area contributed by atoms with Crippen molar-refractivity contribution in [3.8, 4) is 0 Å². The molecule has 0 radical (unpaired) electrons. The van der Waals surface area contributed by atoms with Crippen molar-refractivity contribution in [2.24, 2.45) is 0 Å². The van der Waals surface area contributed by atoms with E-state index in [1.54, 1.807) is 30.3 Å². The molecule has 1 amide bonds. The molecule has 0 saturated heterocycles. The first-order chi connectivity index (χ1) is 12.2. The topological polar surface area (TPSA) is 72.1 Å². The van der Waals surface area contributed by atoms with Gasteiger partial charge in [-0.05, 0) is 30.7 Å². The van der Waals surface area contributed by atoms with Gasteiger partial charge in [-0.3, -0.25) is 14.7 Å². The molecule has 25 heavy (non-hydrogen) atoms. The van der Waals surface area contributed by atoms with E-state index in [4.69, 9.17) is 4.52 Å². The molecule has 0 fully saturated rings. The van der Waals surface area contributed by atoms with Gasteiger partial charge in [0, 0.05) is 18.5 Å². The lowest BCUT2D eigenvalue weighted by atomic mass is 10.2. The maximum Gasteiger partial charge on any atom is 0.298 e. The zero-order chi connectivity index (χ0) is 17.2. The molecule has 0 aliphatic carbocycles. The van der Waals surface area contributed by atoms with Gasteiger partial charge in [0.1, 0.15) is 0 Å². The van der Waals surface area contributed by atoms with Crippen molar-refractivity contribution in [3.05, 3.63) is 71.9 Å². The standard InChI is InChI=1S/C18H14N4O2S/c1-12-9-15(24-21-12)17(23)22(11-13-5-4-8-19-10-13)18-20-14-6-2-3-7-16(14)25-18/h2-10H,11H2,1H3. The number of hydrogen-bond donors (Lipinski definition) is 0. The molecule has 3 heterocycles. The molecule has 124 valence electrons. The first-order valence-electron chi connectivity index (χ1n) is 7.70. The second-order valence-electron chi connectivity index (χ2n) is 5.55. The Bertz CT molecular complexity index is 993. The molecule has 4 rings (SSSR count). The summed E-state index contributed by atoms with van der Waals surface area (Å²) in [6.45, 7) is 2.13. The molecule has 1 aromatic carbocycles. The molecule has 7 heteroatoms. The zero-order valence-electron chi connectivity index (χ0n) is 13.4. The van der Waals surface area contributed by atoms with Crippen molar-refractivity contribution in [2.75, 3.05) is 4.90 Å². The molecule has 0 atom stereocenters. The zero-order valence-corrected chi connectivity index (χ0v) is 14.2. The number of carbonyl (C=O) groups excluding carboxylic acids is 1. The highest BCUT2D eigenvalue weighted by Crippen LogP contribution is 2.30.